The van der Waals surface area contributed by atoms with Gasteiger partial charge in [0, 0.05) is 6.04 Å². The Hall–Kier alpha value is -0.960. The highest BCUT2D eigenvalue weighted by atomic mass is 19.1. The fraction of sp³-hybridized carbons (Fsp3) is 0.583. The summed E-state index contributed by atoms with van der Waals surface area (Å²) in [6.07, 6.45) is 2.30. The van der Waals surface area contributed by atoms with Crippen molar-refractivity contribution in [2.75, 3.05) is 6.54 Å². The highest BCUT2D eigenvalue weighted by molar-refractivity contribution is 5.09. The summed E-state index contributed by atoms with van der Waals surface area (Å²) < 4.78 is 12.7. The van der Waals surface area contributed by atoms with E-state index in [1.165, 1.54) is 12.3 Å². The number of pyridine rings is 1. The monoisotopic (exact) mass is 210 g/mol. The molecule has 84 valence electrons. The summed E-state index contributed by atoms with van der Waals surface area (Å²) in [6, 6.07) is 3.45. The second-order valence-electron chi connectivity index (χ2n) is 4.14. The van der Waals surface area contributed by atoms with E-state index in [-0.39, 0.29) is 11.9 Å². The van der Waals surface area contributed by atoms with Crippen molar-refractivity contribution in [2.45, 2.75) is 33.2 Å². The lowest BCUT2D eigenvalue weighted by Crippen LogP contribution is -2.23. The lowest BCUT2D eigenvalue weighted by Gasteiger charge is -2.19. The van der Waals surface area contributed by atoms with Crippen LogP contribution in [0, 0.1) is 11.7 Å². The maximum atomic E-state index is 12.7. The van der Waals surface area contributed by atoms with Crippen LogP contribution in [-0.2, 0) is 0 Å². The molecular formula is C12H19FN2. The second kappa shape index (κ2) is 5.81. The van der Waals surface area contributed by atoms with Crippen LogP contribution < -0.4 is 5.32 Å². The van der Waals surface area contributed by atoms with Crippen LogP contribution in [-0.4, -0.2) is 11.5 Å². The molecule has 2 nitrogen and oxygen atoms in total. The lowest BCUT2D eigenvalue weighted by molar-refractivity contribution is 0.430. The van der Waals surface area contributed by atoms with Gasteiger partial charge in [-0.25, -0.2) is 4.39 Å². The minimum Gasteiger partial charge on any atom is -0.309 e. The van der Waals surface area contributed by atoms with E-state index in [1.54, 1.807) is 6.07 Å². The van der Waals surface area contributed by atoms with Crippen molar-refractivity contribution < 1.29 is 4.39 Å². The van der Waals surface area contributed by atoms with Gasteiger partial charge in [0.2, 0.25) is 0 Å². The Kier molecular flexibility index (Phi) is 4.69. The SMILES string of the molecule is CCNC(CC(C)C)c1ccc(F)cn1. The average molecular weight is 210 g/mol. The number of aromatic nitrogens is 1. The normalized spacial score (nSPS) is 13.1. The second-order valence-corrected chi connectivity index (χ2v) is 4.14. The van der Waals surface area contributed by atoms with Crippen molar-refractivity contribution in [2.24, 2.45) is 5.92 Å². The number of hydrogen-bond acceptors (Lipinski definition) is 2. The van der Waals surface area contributed by atoms with Crippen LogP contribution in [0.3, 0.4) is 0 Å². The van der Waals surface area contributed by atoms with Gasteiger partial charge in [0.15, 0.2) is 0 Å². The van der Waals surface area contributed by atoms with Gasteiger partial charge in [0.05, 0.1) is 11.9 Å². The van der Waals surface area contributed by atoms with Gasteiger partial charge >= 0.3 is 0 Å². The van der Waals surface area contributed by atoms with Crippen LogP contribution in [0.5, 0.6) is 0 Å². The number of nitrogens with zero attached hydrogens (tertiary/aromatic N) is 1. The summed E-state index contributed by atoms with van der Waals surface area (Å²) in [6.45, 7) is 7.31. The van der Waals surface area contributed by atoms with Gasteiger partial charge < -0.3 is 5.32 Å². The van der Waals surface area contributed by atoms with Crippen LogP contribution in [0.2, 0.25) is 0 Å². The molecule has 0 aromatic carbocycles. The van der Waals surface area contributed by atoms with Gasteiger partial charge in [-0.05, 0) is 31.0 Å². The van der Waals surface area contributed by atoms with Crippen LogP contribution in [0.25, 0.3) is 0 Å². The molecule has 1 N–H and O–H groups in total. The minimum absolute atomic E-state index is 0.232. The van der Waals surface area contributed by atoms with Crippen molar-refractivity contribution in [1.82, 2.24) is 10.3 Å². The minimum atomic E-state index is -0.279. The van der Waals surface area contributed by atoms with Gasteiger partial charge in [-0.15, -0.1) is 0 Å². The third-order valence-corrected chi connectivity index (χ3v) is 2.26. The predicted octanol–water partition coefficient (Wildman–Crippen LogP) is 2.92. The van der Waals surface area contributed by atoms with E-state index in [0.717, 1.165) is 18.7 Å². The zero-order valence-electron chi connectivity index (χ0n) is 9.63. The first-order valence-corrected chi connectivity index (χ1v) is 5.48. The Balaban J connectivity index is 2.74. The van der Waals surface area contributed by atoms with Crippen LogP contribution in [0.1, 0.15) is 38.9 Å². The zero-order chi connectivity index (χ0) is 11.3. The molecule has 1 rings (SSSR count). The molecule has 0 saturated heterocycles. The first-order valence-electron chi connectivity index (χ1n) is 5.48. The van der Waals surface area contributed by atoms with Crippen LogP contribution in [0.4, 0.5) is 4.39 Å². The van der Waals surface area contributed by atoms with E-state index in [1.807, 2.05) is 0 Å². The average Bonchev–Trinajstić information content (AvgIpc) is 2.17. The largest absolute Gasteiger partial charge is 0.309 e. The van der Waals surface area contributed by atoms with E-state index >= 15 is 0 Å². The van der Waals surface area contributed by atoms with E-state index in [4.69, 9.17) is 0 Å². The standard InChI is InChI=1S/C12H19FN2/c1-4-14-12(7-9(2)3)11-6-5-10(13)8-15-11/h5-6,8-9,12,14H,4,7H2,1-3H3. The molecule has 0 spiro atoms. The highest BCUT2D eigenvalue weighted by Gasteiger charge is 2.13. The van der Waals surface area contributed by atoms with Crippen LogP contribution in [0.15, 0.2) is 18.3 Å². The quantitative estimate of drug-likeness (QED) is 0.808. The van der Waals surface area contributed by atoms with Gasteiger partial charge in [-0.1, -0.05) is 20.8 Å². The summed E-state index contributed by atoms with van der Waals surface area (Å²) in [5, 5.41) is 3.36. The van der Waals surface area contributed by atoms with Crippen molar-refractivity contribution in [3.63, 3.8) is 0 Å². The molecule has 1 heterocycles. The first-order chi connectivity index (χ1) is 7.13. The molecule has 15 heavy (non-hydrogen) atoms. The molecule has 0 aliphatic carbocycles. The summed E-state index contributed by atoms with van der Waals surface area (Å²) in [5.41, 5.74) is 0.923. The number of hydrogen-bond donors (Lipinski definition) is 1. The summed E-state index contributed by atoms with van der Waals surface area (Å²) in [5.74, 6) is 0.319. The topological polar surface area (TPSA) is 24.9 Å². The lowest BCUT2D eigenvalue weighted by atomic mass is 10.0. The molecule has 1 atom stereocenters. The Morgan fingerprint density at radius 2 is 2.13 bits per heavy atom. The van der Waals surface area contributed by atoms with E-state index in [2.05, 4.69) is 31.1 Å². The molecule has 0 amide bonds. The summed E-state index contributed by atoms with van der Waals surface area (Å²) in [4.78, 5) is 4.11. The van der Waals surface area contributed by atoms with E-state index in [9.17, 15) is 4.39 Å². The number of rotatable bonds is 5. The molecule has 0 saturated carbocycles. The third kappa shape index (κ3) is 3.96. The molecule has 0 aliphatic heterocycles. The Bertz CT molecular complexity index is 282. The smallest absolute Gasteiger partial charge is 0.141 e. The fourth-order valence-corrected chi connectivity index (χ4v) is 1.62. The van der Waals surface area contributed by atoms with Gasteiger partial charge in [0.25, 0.3) is 0 Å². The van der Waals surface area contributed by atoms with E-state index in [0.29, 0.717) is 5.92 Å². The number of nitrogens with one attached hydrogen (secondary N) is 1. The molecule has 0 aliphatic rings. The van der Waals surface area contributed by atoms with Crippen molar-refractivity contribution >= 4 is 0 Å². The zero-order valence-corrected chi connectivity index (χ0v) is 9.63. The third-order valence-electron chi connectivity index (χ3n) is 2.26. The van der Waals surface area contributed by atoms with Crippen LogP contribution >= 0.6 is 0 Å². The Morgan fingerprint density at radius 3 is 2.60 bits per heavy atom. The van der Waals surface area contributed by atoms with Crippen molar-refractivity contribution in [1.29, 1.82) is 0 Å². The predicted molar refractivity (Wildman–Crippen MR) is 60.1 cm³/mol. The summed E-state index contributed by atoms with van der Waals surface area (Å²) in [7, 11) is 0. The molecule has 0 bridgehead atoms. The van der Waals surface area contributed by atoms with Crippen molar-refractivity contribution in [3.8, 4) is 0 Å². The Morgan fingerprint density at radius 1 is 1.40 bits per heavy atom. The van der Waals surface area contributed by atoms with Gasteiger partial charge in [-0.2, -0.15) is 0 Å². The molecule has 0 fully saturated rings. The Labute approximate surface area is 90.9 Å². The molecule has 3 heteroatoms. The molecule has 0 radical (unpaired) electrons. The van der Waals surface area contributed by atoms with Gasteiger partial charge in [0.1, 0.15) is 5.82 Å². The molecule has 1 unspecified atom stereocenters. The van der Waals surface area contributed by atoms with Gasteiger partial charge in [-0.3, -0.25) is 4.98 Å². The highest BCUT2D eigenvalue weighted by Crippen LogP contribution is 2.19. The summed E-state index contributed by atoms with van der Waals surface area (Å²) >= 11 is 0. The molecular weight excluding hydrogens is 191 g/mol. The maximum Gasteiger partial charge on any atom is 0.141 e. The fourth-order valence-electron chi connectivity index (χ4n) is 1.62. The maximum absolute atomic E-state index is 12.7. The molecule has 1 aromatic heterocycles. The molecule has 1 aromatic rings. The number of halogens is 1. The van der Waals surface area contributed by atoms with Crippen molar-refractivity contribution in [3.05, 3.63) is 29.8 Å². The first kappa shape index (κ1) is 12.1. The van der Waals surface area contributed by atoms with E-state index < -0.39 is 0 Å².